The lowest BCUT2D eigenvalue weighted by Gasteiger charge is -2.28. The first-order valence-corrected chi connectivity index (χ1v) is 13.0. The number of ether oxygens (including phenoxy) is 1. The van der Waals surface area contributed by atoms with E-state index in [0.717, 1.165) is 78.5 Å². The number of morpholine rings is 1. The van der Waals surface area contributed by atoms with Gasteiger partial charge in [0.2, 0.25) is 5.71 Å². The Balaban J connectivity index is 1.44. The highest BCUT2D eigenvalue weighted by molar-refractivity contribution is 6.06. The van der Waals surface area contributed by atoms with E-state index in [4.69, 9.17) is 9.15 Å². The lowest BCUT2D eigenvalue weighted by atomic mass is 9.98. The summed E-state index contributed by atoms with van der Waals surface area (Å²) in [6.45, 7) is 3.26. The fourth-order valence-corrected chi connectivity index (χ4v) is 5.40. The summed E-state index contributed by atoms with van der Waals surface area (Å²) in [6, 6.07) is 15.4. The maximum Gasteiger partial charge on any atom is 0.232 e. The van der Waals surface area contributed by atoms with Gasteiger partial charge in [0.15, 0.2) is 0 Å². The van der Waals surface area contributed by atoms with Crippen LogP contribution in [0.1, 0.15) is 38.5 Å². The number of hydrogen-bond acceptors (Lipinski definition) is 6. The van der Waals surface area contributed by atoms with Gasteiger partial charge in [-0.2, -0.15) is 0 Å². The molecule has 0 spiro atoms. The zero-order valence-electron chi connectivity index (χ0n) is 20.4. The minimum atomic E-state index is -0.268. The molecule has 1 aliphatic heterocycles. The number of rotatable bonds is 5. The number of halogens is 1. The number of anilines is 2. The lowest BCUT2D eigenvalue weighted by molar-refractivity contribution is 0.122. The van der Waals surface area contributed by atoms with Gasteiger partial charge in [-0.15, -0.1) is 0 Å². The standard InChI is InChI=1S/C29H31FN4O2/c30-22-11-7-20(8-12-22)25-26-28(33-23-5-3-1-2-4-6-23)31-19-32-29(26)36-27(25)21-9-13-24(14-10-21)34-15-17-35-18-16-34/h7-14,19,23H,1-6,15-18H2,(H,31,32,33). The van der Waals surface area contributed by atoms with Crippen LogP contribution in [0.15, 0.2) is 59.3 Å². The third kappa shape index (κ3) is 4.67. The molecule has 1 N–H and O–H groups in total. The number of fused-ring (bicyclic) bond motifs is 1. The van der Waals surface area contributed by atoms with Crippen LogP contribution in [-0.2, 0) is 4.74 Å². The summed E-state index contributed by atoms with van der Waals surface area (Å²) in [5.41, 5.74) is 4.41. The Morgan fingerprint density at radius 3 is 2.25 bits per heavy atom. The summed E-state index contributed by atoms with van der Waals surface area (Å²) in [5, 5.41) is 4.55. The van der Waals surface area contributed by atoms with Crippen molar-refractivity contribution < 1.29 is 13.5 Å². The summed E-state index contributed by atoms with van der Waals surface area (Å²) in [7, 11) is 0. The van der Waals surface area contributed by atoms with E-state index in [1.807, 2.05) is 0 Å². The molecule has 3 heterocycles. The molecule has 4 aromatic rings. The molecule has 0 bridgehead atoms. The molecule has 2 aromatic heterocycles. The molecule has 0 atom stereocenters. The van der Waals surface area contributed by atoms with Gasteiger partial charge in [-0.1, -0.05) is 37.8 Å². The number of aromatic nitrogens is 2. The Labute approximate surface area is 210 Å². The largest absolute Gasteiger partial charge is 0.437 e. The van der Waals surface area contributed by atoms with Gasteiger partial charge in [0, 0.05) is 35.9 Å². The van der Waals surface area contributed by atoms with Crippen molar-refractivity contribution in [2.45, 2.75) is 44.6 Å². The van der Waals surface area contributed by atoms with Crippen molar-refractivity contribution in [1.82, 2.24) is 9.97 Å². The van der Waals surface area contributed by atoms with E-state index in [0.29, 0.717) is 11.8 Å². The average molecular weight is 487 g/mol. The Morgan fingerprint density at radius 1 is 0.833 bits per heavy atom. The second-order valence-electron chi connectivity index (χ2n) is 9.69. The minimum absolute atomic E-state index is 0.268. The summed E-state index contributed by atoms with van der Waals surface area (Å²) in [5.74, 6) is 1.23. The van der Waals surface area contributed by atoms with Crippen molar-refractivity contribution in [2.24, 2.45) is 0 Å². The van der Waals surface area contributed by atoms with Crippen LogP contribution in [0.3, 0.4) is 0 Å². The predicted molar refractivity (Wildman–Crippen MR) is 141 cm³/mol. The molecule has 2 fully saturated rings. The summed E-state index contributed by atoms with van der Waals surface area (Å²) in [4.78, 5) is 11.4. The van der Waals surface area contributed by atoms with Crippen LogP contribution in [0.25, 0.3) is 33.6 Å². The quantitative estimate of drug-likeness (QED) is 0.318. The summed E-state index contributed by atoms with van der Waals surface area (Å²) < 4.78 is 25.7. The van der Waals surface area contributed by atoms with Crippen LogP contribution in [0.4, 0.5) is 15.9 Å². The normalized spacial score (nSPS) is 17.3. The van der Waals surface area contributed by atoms with Crippen LogP contribution < -0.4 is 10.2 Å². The first-order valence-electron chi connectivity index (χ1n) is 13.0. The number of furan rings is 1. The summed E-state index contributed by atoms with van der Waals surface area (Å²) in [6.07, 6.45) is 8.84. The average Bonchev–Trinajstić information content (AvgIpc) is 3.13. The number of nitrogens with one attached hydrogen (secondary N) is 1. The molecule has 1 aliphatic carbocycles. The number of benzene rings is 2. The van der Waals surface area contributed by atoms with Crippen LogP contribution in [0.5, 0.6) is 0 Å². The predicted octanol–water partition coefficient (Wildman–Crippen LogP) is 6.67. The van der Waals surface area contributed by atoms with E-state index < -0.39 is 0 Å². The Bertz CT molecular complexity index is 1310. The molecule has 186 valence electrons. The molecule has 0 amide bonds. The first-order chi connectivity index (χ1) is 17.8. The van der Waals surface area contributed by atoms with E-state index >= 15 is 0 Å². The van der Waals surface area contributed by atoms with Crippen molar-refractivity contribution in [3.63, 3.8) is 0 Å². The topological polar surface area (TPSA) is 63.4 Å². The van der Waals surface area contributed by atoms with Crippen LogP contribution >= 0.6 is 0 Å². The van der Waals surface area contributed by atoms with Crippen molar-refractivity contribution in [2.75, 3.05) is 36.5 Å². The fourth-order valence-electron chi connectivity index (χ4n) is 5.40. The molecule has 7 heteroatoms. The van der Waals surface area contributed by atoms with Gasteiger partial charge < -0.3 is 19.4 Å². The second kappa shape index (κ2) is 10.3. The molecule has 6 rings (SSSR count). The van der Waals surface area contributed by atoms with Crippen molar-refractivity contribution in [3.8, 4) is 22.5 Å². The molecule has 6 nitrogen and oxygen atoms in total. The van der Waals surface area contributed by atoms with Gasteiger partial charge in [0.05, 0.1) is 18.6 Å². The zero-order chi connectivity index (χ0) is 24.3. The van der Waals surface area contributed by atoms with Crippen molar-refractivity contribution in [3.05, 3.63) is 60.7 Å². The third-order valence-corrected chi connectivity index (χ3v) is 7.32. The molecule has 0 radical (unpaired) electrons. The van der Waals surface area contributed by atoms with Crippen LogP contribution in [0.2, 0.25) is 0 Å². The van der Waals surface area contributed by atoms with E-state index in [2.05, 4.69) is 44.5 Å². The summed E-state index contributed by atoms with van der Waals surface area (Å²) >= 11 is 0. The molecule has 36 heavy (non-hydrogen) atoms. The molecular weight excluding hydrogens is 455 g/mol. The molecule has 0 unspecified atom stereocenters. The maximum atomic E-state index is 13.8. The maximum absolute atomic E-state index is 13.8. The van der Waals surface area contributed by atoms with Gasteiger partial charge in [-0.3, -0.25) is 0 Å². The minimum Gasteiger partial charge on any atom is -0.437 e. The highest BCUT2D eigenvalue weighted by Crippen LogP contribution is 2.43. The number of hydrogen-bond donors (Lipinski definition) is 1. The molecule has 2 aliphatic rings. The van der Waals surface area contributed by atoms with Gasteiger partial charge >= 0.3 is 0 Å². The number of nitrogens with zero attached hydrogens (tertiary/aromatic N) is 3. The van der Waals surface area contributed by atoms with Gasteiger partial charge in [-0.25, -0.2) is 14.4 Å². The first kappa shape index (κ1) is 23.0. The molecule has 2 aromatic carbocycles. The van der Waals surface area contributed by atoms with Crippen LogP contribution in [0, 0.1) is 5.82 Å². The van der Waals surface area contributed by atoms with Gasteiger partial charge in [0.25, 0.3) is 0 Å². The second-order valence-corrected chi connectivity index (χ2v) is 9.69. The van der Waals surface area contributed by atoms with E-state index in [9.17, 15) is 4.39 Å². The fraction of sp³-hybridized carbons (Fsp3) is 0.379. The highest BCUT2D eigenvalue weighted by Gasteiger charge is 2.24. The zero-order valence-corrected chi connectivity index (χ0v) is 20.4. The smallest absolute Gasteiger partial charge is 0.232 e. The Hall–Kier alpha value is -3.45. The molecule has 1 saturated heterocycles. The lowest BCUT2D eigenvalue weighted by Crippen LogP contribution is -2.36. The van der Waals surface area contributed by atoms with E-state index in [1.54, 1.807) is 18.5 Å². The van der Waals surface area contributed by atoms with Gasteiger partial charge in [0.1, 0.15) is 23.7 Å². The van der Waals surface area contributed by atoms with E-state index in [1.165, 1.54) is 37.8 Å². The third-order valence-electron chi connectivity index (χ3n) is 7.32. The van der Waals surface area contributed by atoms with Crippen LogP contribution in [-0.4, -0.2) is 42.3 Å². The van der Waals surface area contributed by atoms with E-state index in [-0.39, 0.29) is 5.82 Å². The van der Waals surface area contributed by atoms with Gasteiger partial charge in [-0.05, 0) is 54.8 Å². The van der Waals surface area contributed by atoms with Crippen molar-refractivity contribution in [1.29, 1.82) is 0 Å². The highest BCUT2D eigenvalue weighted by atomic mass is 19.1. The van der Waals surface area contributed by atoms with Crippen molar-refractivity contribution >= 4 is 22.6 Å². The molecule has 1 saturated carbocycles. The monoisotopic (exact) mass is 486 g/mol. The Kier molecular flexibility index (Phi) is 6.55. The SMILES string of the molecule is Fc1ccc(-c2c(-c3ccc(N4CCOCC4)cc3)oc3ncnc(NC4CCCCCC4)c23)cc1. The molecular formula is C29H31FN4O2. The Morgan fingerprint density at radius 2 is 1.53 bits per heavy atom.